The van der Waals surface area contributed by atoms with Crippen molar-refractivity contribution in [2.45, 2.75) is 13.1 Å². The molecular formula is C17H14BrF3O2. The first-order valence-electron chi connectivity index (χ1n) is 6.65. The van der Waals surface area contributed by atoms with Gasteiger partial charge in [0.25, 0.3) is 0 Å². The highest BCUT2D eigenvalue weighted by Crippen LogP contribution is 2.38. The Balaban J connectivity index is 2.42. The summed E-state index contributed by atoms with van der Waals surface area (Å²) in [6.07, 6.45) is -1.19. The van der Waals surface area contributed by atoms with E-state index in [0.717, 1.165) is 6.07 Å². The molecule has 0 atom stereocenters. The van der Waals surface area contributed by atoms with Crippen molar-refractivity contribution in [3.05, 3.63) is 57.1 Å². The maximum Gasteiger partial charge on any atom is 0.417 e. The monoisotopic (exact) mass is 386 g/mol. The van der Waals surface area contributed by atoms with Crippen molar-refractivity contribution < 1.29 is 23.0 Å². The minimum Gasteiger partial charge on any atom is -0.504 e. The summed E-state index contributed by atoms with van der Waals surface area (Å²) in [5, 5.41) is 9.55. The molecular weight excluding hydrogens is 373 g/mol. The molecule has 2 aromatic rings. The predicted octanol–water partition coefficient (Wildman–Crippen LogP) is 5.66. The molecule has 2 rings (SSSR count). The molecule has 0 unspecified atom stereocenters. The summed E-state index contributed by atoms with van der Waals surface area (Å²) in [6.45, 7) is 1.61. The van der Waals surface area contributed by atoms with Crippen molar-refractivity contribution in [2.75, 3.05) is 7.11 Å². The molecule has 0 spiro atoms. The molecule has 0 aromatic heterocycles. The fourth-order valence-electron chi connectivity index (χ4n) is 2.11. The van der Waals surface area contributed by atoms with Crippen LogP contribution in [0.1, 0.15) is 22.3 Å². The van der Waals surface area contributed by atoms with E-state index in [9.17, 15) is 18.3 Å². The standard InChI is InChI=1S/C17H14BrF3O2/c1-10-7-12(16(18)13(8-10)17(19,20)21)5-3-11-4-6-14(22)15(9-11)23-2/h3-9,22H,1-2H3/b5-3+. The van der Waals surface area contributed by atoms with Gasteiger partial charge in [-0.3, -0.25) is 0 Å². The van der Waals surface area contributed by atoms with Crippen LogP contribution in [0.2, 0.25) is 0 Å². The molecule has 0 fully saturated rings. The van der Waals surface area contributed by atoms with Crippen LogP contribution in [0, 0.1) is 6.92 Å². The molecule has 0 aliphatic rings. The van der Waals surface area contributed by atoms with Gasteiger partial charge in [-0.2, -0.15) is 13.2 Å². The lowest BCUT2D eigenvalue weighted by molar-refractivity contribution is -0.138. The van der Waals surface area contributed by atoms with E-state index in [1.807, 2.05) is 0 Å². The molecule has 2 aromatic carbocycles. The van der Waals surface area contributed by atoms with Crippen molar-refractivity contribution in [1.29, 1.82) is 0 Å². The van der Waals surface area contributed by atoms with Gasteiger partial charge in [-0.05, 0) is 57.7 Å². The highest BCUT2D eigenvalue weighted by Gasteiger charge is 2.33. The number of alkyl halides is 3. The van der Waals surface area contributed by atoms with Gasteiger partial charge in [0.2, 0.25) is 0 Å². The van der Waals surface area contributed by atoms with Crippen molar-refractivity contribution in [3.63, 3.8) is 0 Å². The molecule has 23 heavy (non-hydrogen) atoms. The van der Waals surface area contributed by atoms with E-state index in [0.29, 0.717) is 22.4 Å². The van der Waals surface area contributed by atoms with Gasteiger partial charge in [0.1, 0.15) is 0 Å². The maximum atomic E-state index is 13.0. The van der Waals surface area contributed by atoms with Crippen LogP contribution in [0.3, 0.4) is 0 Å². The summed E-state index contributed by atoms with van der Waals surface area (Å²) in [7, 11) is 1.43. The average molecular weight is 387 g/mol. The van der Waals surface area contributed by atoms with Gasteiger partial charge >= 0.3 is 6.18 Å². The number of phenolic OH excluding ortho intramolecular Hbond substituents is 1. The number of aryl methyl sites for hydroxylation is 1. The minimum atomic E-state index is -4.42. The molecule has 0 amide bonds. The lowest BCUT2D eigenvalue weighted by Gasteiger charge is -2.12. The molecule has 0 aliphatic heterocycles. The van der Waals surface area contributed by atoms with Crippen LogP contribution >= 0.6 is 15.9 Å². The van der Waals surface area contributed by atoms with Gasteiger partial charge in [-0.25, -0.2) is 0 Å². The Morgan fingerprint density at radius 1 is 1.13 bits per heavy atom. The fraction of sp³-hybridized carbons (Fsp3) is 0.176. The Morgan fingerprint density at radius 2 is 1.83 bits per heavy atom. The summed E-state index contributed by atoms with van der Waals surface area (Å²) in [4.78, 5) is 0. The van der Waals surface area contributed by atoms with Crippen molar-refractivity contribution in [1.82, 2.24) is 0 Å². The zero-order chi connectivity index (χ0) is 17.2. The number of ether oxygens (including phenoxy) is 1. The summed E-state index contributed by atoms with van der Waals surface area (Å²) in [5.41, 5.74) is 0.926. The summed E-state index contributed by atoms with van der Waals surface area (Å²) >= 11 is 3.03. The highest BCUT2D eigenvalue weighted by molar-refractivity contribution is 9.10. The van der Waals surface area contributed by atoms with Gasteiger partial charge in [0, 0.05) is 4.47 Å². The number of hydrogen-bond donors (Lipinski definition) is 1. The lowest BCUT2D eigenvalue weighted by atomic mass is 10.0. The average Bonchev–Trinajstić information content (AvgIpc) is 2.48. The molecule has 0 heterocycles. The Morgan fingerprint density at radius 3 is 2.43 bits per heavy atom. The molecule has 0 saturated carbocycles. The quantitative estimate of drug-likeness (QED) is 0.689. The fourth-order valence-corrected chi connectivity index (χ4v) is 2.69. The number of phenols is 1. The van der Waals surface area contributed by atoms with Crippen LogP contribution in [0.4, 0.5) is 13.2 Å². The zero-order valence-corrected chi connectivity index (χ0v) is 14.0. The lowest BCUT2D eigenvalue weighted by Crippen LogP contribution is -2.07. The van der Waals surface area contributed by atoms with Crippen LogP contribution in [0.25, 0.3) is 12.2 Å². The molecule has 0 radical (unpaired) electrons. The second-order valence-corrected chi connectivity index (χ2v) is 5.77. The van der Waals surface area contributed by atoms with Crippen LogP contribution in [0.15, 0.2) is 34.8 Å². The molecule has 122 valence electrons. The smallest absolute Gasteiger partial charge is 0.417 e. The van der Waals surface area contributed by atoms with Crippen molar-refractivity contribution in [2.24, 2.45) is 0 Å². The molecule has 1 N–H and O–H groups in total. The van der Waals surface area contributed by atoms with Gasteiger partial charge in [0.05, 0.1) is 12.7 Å². The third-order valence-corrected chi connectivity index (χ3v) is 4.09. The van der Waals surface area contributed by atoms with E-state index < -0.39 is 11.7 Å². The Hall–Kier alpha value is -1.95. The minimum absolute atomic E-state index is 0.000689. The summed E-state index contributed by atoms with van der Waals surface area (Å²) in [5.74, 6) is 0.298. The SMILES string of the molecule is COc1cc(/C=C/c2cc(C)cc(C(F)(F)F)c2Br)ccc1O. The van der Waals surface area contributed by atoms with Crippen molar-refractivity contribution in [3.8, 4) is 11.5 Å². The first-order valence-corrected chi connectivity index (χ1v) is 7.44. The van der Waals surface area contributed by atoms with Crippen LogP contribution < -0.4 is 4.74 Å². The first-order chi connectivity index (χ1) is 10.7. The van der Waals surface area contributed by atoms with E-state index in [1.165, 1.54) is 13.2 Å². The van der Waals surface area contributed by atoms with E-state index in [-0.39, 0.29) is 10.2 Å². The molecule has 2 nitrogen and oxygen atoms in total. The Bertz CT molecular complexity index is 752. The first kappa shape index (κ1) is 17.4. The highest BCUT2D eigenvalue weighted by atomic mass is 79.9. The van der Waals surface area contributed by atoms with E-state index in [2.05, 4.69) is 15.9 Å². The predicted molar refractivity (Wildman–Crippen MR) is 87.5 cm³/mol. The third kappa shape index (κ3) is 4.07. The maximum absolute atomic E-state index is 13.0. The zero-order valence-electron chi connectivity index (χ0n) is 12.4. The number of benzene rings is 2. The van der Waals surface area contributed by atoms with Gasteiger partial charge in [-0.15, -0.1) is 0 Å². The van der Waals surface area contributed by atoms with Crippen molar-refractivity contribution >= 4 is 28.1 Å². The van der Waals surface area contributed by atoms with E-state index in [4.69, 9.17) is 4.74 Å². The Labute approximate surface area is 140 Å². The van der Waals surface area contributed by atoms with E-state index >= 15 is 0 Å². The summed E-state index contributed by atoms with van der Waals surface area (Å²) < 4.78 is 44.1. The number of rotatable bonds is 3. The van der Waals surface area contributed by atoms with Gasteiger partial charge < -0.3 is 9.84 Å². The third-order valence-electron chi connectivity index (χ3n) is 3.21. The normalized spacial score (nSPS) is 11.9. The topological polar surface area (TPSA) is 29.5 Å². The summed E-state index contributed by atoms with van der Waals surface area (Å²) in [6, 6.07) is 7.46. The molecule has 0 saturated heterocycles. The van der Waals surface area contributed by atoms with Crippen LogP contribution in [0.5, 0.6) is 11.5 Å². The Kier molecular flexibility index (Phi) is 5.04. The number of hydrogen-bond acceptors (Lipinski definition) is 2. The molecule has 0 aliphatic carbocycles. The number of methoxy groups -OCH3 is 1. The van der Waals surface area contributed by atoms with Crippen LogP contribution in [-0.2, 0) is 6.18 Å². The number of aromatic hydroxyl groups is 1. The van der Waals surface area contributed by atoms with E-state index in [1.54, 1.807) is 37.3 Å². The molecule has 0 bridgehead atoms. The van der Waals surface area contributed by atoms with Gasteiger partial charge in [0.15, 0.2) is 11.5 Å². The largest absolute Gasteiger partial charge is 0.504 e. The number of halogens is 4. The van der Waals surface area contributed by atoms with Gasteiger partial charge in [-0.1, -0.05) is 24.3 Å². The second kappa shape index (κ2) is 6.66. The second-order valence-electron chi connectivity index (χ2n) is 4.98. The van der Waals surface area contributed by atoms with Crippen LogP contribution in [-0.4, -0.2) is 12.2 Å². The molecule has 6 heteroatoms.